The van der Waals surface area contributed by atoms with Gasteiger partial charge in [0.25, 0.3) is 5.69 Å². The number of anilines is 1. The summed E-state index contributed by atoms with van der Waals surface area (Å²) in [6, 6.07) is 8.70. The van der Waals surface area contributed by atoms with Crippen LogP contribution < -0.4 is 14.8 Å². The molecule has 158 valence electrons. The summed E-state index contributed by atoms with van der Waals surface area (Å²) in [6.07, 6.45) is 5.06. The van der Waals surface area contributed by atoms with Gasteiger partial charge in [-0.15, -0.1) is 0 Å². The zero-order valence-electron chi connectivity index (χ0n) is 17.2. The number of benzene rings is 1. The Morgan fingerprint density at radius 1 is 1.33 bits per heavy atom. The molecule has 0 radical (unpaired) electrons. The normalized spacial score (nSPS) is 19.0. The van der Waals surface area contributed by atoms with Gasteiger partial charge in [0.2, 0.25) is 0 Å². The molecule has 2 aromatic heterocycles. The molecule has 1 aliphatic rings. The van der Waals surface area contributed by atoms with Crippen molar-refractivity contribution in [1.29, 1.82) is 0 Å². The van der Waals surface area contributed by atoms with E-state index in [9.17, 15) is 15.1 Å². The predicted octanol–water partition coefficient (Wildman–Crippen LogP) is 3.11. The number of hydrogen-bond acceptors (Lipinski definition) is 5. The first-order chi connectivity index (χ1) is 14.5. The lowest BCUT2D eigenvalue weighted by atomic mass is 9.93. The maximum atomic E-state index is 12.7. The van der Waals surface area contributed by atoms with Gasteiger partial charge in [-0.25, -0.2) is 0 Å². The van der Waals surface area contributed by atoms with Crippen molar-refractivity contribution in [2.75, 3.05) is 11.9 Å². The SMILES string of the molecule is CCOc1cc2nn([C@H]3CC[C@H](O)CC3)cc2cc1NC(=O)c1cccc(C)[n+]1[O-]. The number of nitrogens with one attached hydrogen (secondary N) is 1. The molecular formula is C22H26N4O4. The summed E-state index contributed by atoms with van der Waals surface area (Å²) in [5.74, 6) is 0.00966. The van der Waals surface area contributed by atoms with Gasteiger partial charge < -0.3 is 20.4 Å². The molecule has 1 saturated carbocycles. The average molecular weight is 410 g/mol. The van der Waals surface area contributed by atoms with Crippen LogP contribution in [0.3, 0.4) is 0 Å². The van der Waals surface area contributed by atoms with E-state index in [1.807, 2.05) is 29.9 Å². The monoisotopic (exact) mass is 410 g/mol. The Kier molecular flexibility index (Phi) is 5.59. The van der Waals surface area contributed by atoms with E-state index < -0.39 is 5.91 Å². The number of nitrogens with zero attached hydrogens (tertiary/aromatic N) is 3. The minimum Gasteiger partial charge on any atom is -0.618 e. The summed E-state index contributed by atoms with van der Waals surface area (Å²) in [6.45, 7) is 3.95. The van der Waals surface area contributed by atoms with Crippen LogP contribution in [0, 0.1) is 12.1 Å². The van der Waals surface area contributed by atoms with Crippen molar-refractivity contribution in [3.05, 3.63) is 53.1 Å². The predicted molar refractivity (Wildman–Crippen MR) is 113 cm³/mol. The average Bonchev–Trinajstić information content (AvgIpc) is 3.13. The van der Waals surface area contributed by atoms with Gasteiger partial charge in [0, 0.05) is 36.7 Å². The highest BCUT2D eigenvalue weighted by molar-refractivity contribution is 6.04. The number of fused-ring (bicyclic) bond motifs is 1. The van der Waals surface area contributed by atoms with E-state index in [0.29, 0.717) is 28.5 Å². The van der Waals surface area contributed by atoms with Gasteiger partial charge in [-0.05, 0) is 44.7 Å². The molecule has 1 amide bonds. The van der Waals surface area contributed by atoms with Gasteiger partial charge in [-0.1, -0.05) is 0 Å². The molecule has 1 aromatic carbocycles. The van der Waals surface area contributed by atoms with E-state index in [0.717, 1.165) is 36.6 Å². The van der Waals surface area contributed by atoms with Crippen LogP contribution in [0.1, 0.15) is 54.8 Å². The first-order valence-corrected chi connectivity index (χ1v) is 10.3. The van der Waals surface area contributed by atoms with Crippen molar-refractivity contribution in [2.24, 2.45) is 0 Å². The molecule has 0 saturated heterocycles. The second kappa shape index (κ2) is 8.31. The number of carbonyl (C=O) groups excluding carboxylic acids is 1. The molecule has 8 nitrogen and oxygen atoms in total. The summed E-state index contributed by atoms with van der Waals surface area (Å²) in [7, 11) is 0. The minimum atomic E-state index is -0.498. The molecule has 2 N–H and O–H groups in total. The van der Waals surface area contributed by atoms with Crippen LogP contribution in [-0.4, -0.2) is 33.5 Å². The second-order valence-corrected chi connectivity index (χ2v) is 7.71. The molecule has 0 aliphatic heterocycles. The van der Waals surface area contributed by atoms with Crippen LogP contribution in [-0.2, 0) is 0 Å². The molecular weight excluding hydrogens is 384 g/mol. The Labute approximate surface area is 174 Å². The van der Waals surface area contributed by atoms with E-state index in [-0.39, 0.29) is 17.8 Å². The number of aliphatic hydroxyl groups is 1. The number of aliphatic hydroxyl groups excluding tert-OH is 1. The summed E-state index contributed by atoms with van der Waals surface area (Å²) in [5.41, 5.74) is 1.74. The van der Waals surface area contributed by atoms with Gasteiger partial charge in [0.15, 0.2) is 5.69 Å². The number of hydrogen-bond donors (Lipinski definition) is 2. The number of aromatic nitrogens is 3. The maximum Gasteiger partial charge on any atom is 0.321 e. The van der Waals surface area contributed by atoms with Crippen LogP contribution in [0.2, 0.25) is 0 Å². The summed E-state index contributed by atoms with van der Waals surface area (Å²) in [5, 5.41) is 30.4. The zero-order valence-corrected chi connectivity index (χ0v) is 17.2. The zero-order chi connectivity index (χ0) is 21.3. The standard InChI is InChI=1S/C22H26N4O4/c1-3-30-21-12-18-15(13-25(24-18)16-7-9-17(27)10-8-16)11-19(21)23-22(28)20-6-4-5-14(2)26(20)29/h4-6,11-13,16-17,27H,3,7-10H2,1-2H3,(H,23,28)/t16-,17-. The third-order valence-corrected chi connectivity index (χ3v) is 5.58. The van der Waals surface area contributed by atoms with Crippen molar-refractivity contribution in [3.63, 3.8) is 0 Å². The minimum absolute atomic E-state index is 0.0222. The van der Waals surface area contributed by atoms with Crippen molar-refractivity contribution >= 4 is 22.5 Å². The molecule has 0 bridgehead atoms. The molecule has 0 spiro atoms. The lowest BCUT2D eigenvalue weighted by Crippen LogP contribution is -2.39. The van der Waals surface area contributed by atoms with Crippen LogP contribution >= 0.6 is 0 Å². The Morgan fingerprint density at radius 2 is 2.10 bits per heavy atom. The Hall–Kier alpha value is -3.13. The van der Waals surface area contributed by atoms with Crippen LogP contribution in [0.5, 0.6) is 5.75 Å². The first kappa shape index (κ1) is 20.2. The fourth-order valence-electron chi connectivity index (χ4n) is 3.91. The third kappa shape index (κ3) is 3.95. The molecule has 3 aromatic rings. The third-order valence-electron chi connectivity index (χ3n) is 5.58. The molecule has 4 rings (SSSR count). The number of ether oxygens (including phenoxy) is 1. The summed E-state index contributed by atoms with van der Waals surface area (Å²) < 4.78 is 8.29. The summed E-state index contributed by atoms with van der Waals surface area (Å²) >= 11 is 0. The quantitative estimate of drug-likeness (QED) is 0.497. The van der Waals surface area contributed by atoms with Crippen molar-refractivity contribution < 1.29 is 19.4 Å². The second-order valence-electron chi connectivity index (χ2n) is 7.71. The molecule has 0 atom stereocenters. The Bertz CT molecular complexity index is 1070. The van der Waals surface area contributed by atoms with Crippen molar-refractivity contribution in [2.45, 2.75) is 51.7 Å². The summed E-state index contributed by atoms with van der Waals surface area (Å²) in [4.78, 5) is 12.7. The highest BCUT2D eigenvalue weighted by Crippen LogP contribution is 2.33. The van der Waals surface area contributed by atoms with Gasteiger partial charge in [-0.3, -0.25) is 9.48 Å². The molecule has 2 heterocycles. The van der Waals surface area contributed by atoms with E-state index in [1.165, 1.54) is 6.07 Å². The number of amides is 1. The highest BCUT2D eigenvalue weighted by Gasteiger charge is 2.23. The van der Waals surface area contributed by atoms with Crippen LogP contribution in [0.4, 0.5) is 5.69 Å². The maximum absolute atomic E-state index is 12.7. The van der Waals surface area contributed by atoms with E-state index in [4.69, 9.17) is 9.84 Å². The molecule has 30 heavy (non-hydrogen) atoms. The largest absolute Gasteiger partial charge is 0.618 e. The fourth-order valence-corrected chi connectivity index (χ4v) is 3.91. The van der Waals surface area contributed by atoms with E-state index in [1.54, 1.807) is 19.1 Å². The molecule has 0 unspecified atom stereocenters. The van der Waals surface area contributed by atoms with Gasteiger partial charge >= 0.3 is 5.91 Å². The lowest BCUT2D eigenvalue weighted by Gasteiger charge is -2.25. The number of rotatable bonds is 5. The Balaban J connectivity index is 1.65. The Morgan fingerprint density at radius 3 is 2.83 bits per heavy atom. The smallest absolute Gasteiger partial charge is 0.321 e. The molecule has 1 fully saturated rings. The highest BCUT2D eigenvalue weighted by atomic mass is 16.5. The number of pyridine rings is 1. The topological polar surface area (TPSA) is 103 Å². The first-order valence-electron chi connectivity index (χ1n) is 10.3. The van der Waals surface area contributed by atoms with Gasteiger partial charge in [-0.2, -0.15) is 9.83 Å². The van der Waals surface area contributed by atoms with Crippen LogP contribution in [0.15, 0.2) is 36.5 Å². The van der Waals surface area contributed by atoms with Gasteiger partial charge in [0.05, 0.1) is 30.0 Å². The fraction of sp³-hybridized carbons (Fsp3) is 0.409. The van der Waals surface area contributed by atoms with E-state index >= 15 is 0 Å². The molecule has 1 aliphatic carbocycles. The molecule has 8 heteroatoms. The lowest BCUT2D eigenvalue weighted by molar-refractivity contribution is -0.614. The number of aryl methyl sites for hydroxylation is 1. The van der Waals surface area contributed by atoms with Gasteiger partial charge in [0.1, 0.15) is 5.75 Å². The van der Waals surface area contributed by atoms with Crippen LogP contribution in [0.25, 0.3) is 10.9 Å². The van der Waals surface area contributed by atoms with Crippen molar-refractivity contribution in [3.8, 4) is 5.75 Å². The van der Waals surface area contributed by atoms with Crippen molar-refractivity contribution in [1.82, 2.24) is 9.78 Å². The number of carbonyl (C=O) groups is 1. The van der Waals surface area contributed by atoms with E-state index in [2.05, 4.69) is 5.32 Å².